The highest BCUT2D eigenvalue weighted by Gasteiger charge is 2.32. The van der Waals surface area contributed by atoms with E-state index in [0.717, 1.165) is 16.6 Å². The molecule has 1 amide bonds. The van der Waals surface area contributed by atoms with Crippen molar-refractivity contribution < 1.29 is 27.4 Å². The molecule has 0 aliphatic carbocycles. The monoisotopic (exact) mass is 430 g/mol. The van der Waals surface area contributed by atoms with Gasteiger partial charge in [-0.1, -0.05) is 6.07 Å². The van der Waals surface area contributed by atoms with Crippen molar-refractivity contribution in [3.05, 3.63) is 52.6 Å². The summed E-state index contributed by atoms with van der Waals surface area (Å²) < 4.78 is 47.4. The van der Waals surface area contributed by atoms with Crippen molar-refractivity contribution in [2.45, 2.75) is 18.9 Å². The summed E-state index contributed by atoms with van der Waals surface area (Å²) in [6.07, 6.45) is -2.80. The largest absolute Gasteiger partial charge is 0.573 e. The van der Waals surface area contributed by atoms with Gasteiger partial charge >= 0.3 is 6.36 Å². The minimum Gasteiger partial charge on any atom is -0.472 e. The predicted molar refractivity (Wildman–Crippen MR) is 90.0 cm³/mol. The Morgan fingerprint density at radius 3 is 2.77 bits per heavy atom. The fraction of sp³-hybridized carbons (Fsp3) is 0.294. The average Bonchev–Trinajstić information content (AvgIpc) is 3.03. The lowest BCUT2D eigenvalue weighted by atomic mass is 10.2. The second-order valence-corrected chi connectivity index (χ2v) is 6.59. The van der Waals surface area contributed by atoms with E-state index in [1.807, 2.05) is 0 Å². The summed E-state index contributed by atoms with van der Waals surface area (Å²) in [7, 11) is 0. The predicted octanol–water partition coefficient (Wildman–Crippen LogP) is 4.04. The van der Waals surface area contributed by atoms with Crippen molar-refractivity contribution >= 4 is 21.8 Å². The molecule has 9 heteroatoms. The van der Waals surface area contributed by atoms with Crippen molar-refractivity contribution in [3.63, 3.8) is 0 Å². The number of aromatic nitrogens is 1. The first-order valence-corrected chi connectivity index (χ1v) is 8.53. The van der Waals surface area contributed by atoms with E-state index in [4.69, 9.17) is 4.74 Å². The Morgan fingerprint density at radius 2 is 2.08 bits per heavy atom. The Balaban J connectivity index is 1.62. The fourth-order valence-electron chi connectivity index (χ4n) is 2.62. The quantitative estimate of drug-likeness (QED) is 0.734. The van der Waals surface area contributed by atoms with Gasteiger partial charge in [-0.25, -0.2) is 4.98 Å². The molecule has 0 radical (unpaired) electrons. The van der Waals surface area contributed by atoms with Crippen molar-refractivity contribution in [1.29, 1.82) is 0 Å². The summed E-state index contributed by atoms with van der Waals surface area (Å²) in [6.45, 7) is 0.783. The summed E-state index contributed by atoms with van der Waals surface area (Å²) in [4.78, 5) is 18.2. The topological polar surface area (TPSA) is 51.7 Å². The molecule has 1 aliphatic rings. The number of benzene rings is 1. The number of carbonyl (C=O) groups is 1. The van der Waals surface area contributed by atoms with Gasteiger partial charge in [0.25, 0.3) is 5.91 Å². The SMILES string of the molecule is O=C(c1cccc(OC(F)(F)F)c1)N1CC[C@@H](Oc2ccc(Br)cn2)C1. The number of halogens is 4. The van der Waals surface area contributed by atoms with Crippen LogP contribution >= 0.6 is 15.9 Å². The maximum absolute atomic E-state index is 12.5. The molecular formula is C17H14BrF3N2O3. The maximum Gasteiger partial charge on any atom is 0.573 e. The van der Waals surface area contributed by atoms with Gasteiger partial charge in [0, 0.05) is 35.3 Å². The fourth-order valence-corrected chi connectivity index (χ4v) is 2.85. The minimum atomic E-state index is -4.80. The molecule has 1 aliphatic heterocycles. The van der Waals surface area contributed by atoms with Crippen molar-refractivity contribution in [1.82, 2.24) is 9.88 Å². The Bertz CT molecular complexity index is 784. The lowest BCUT2D eigenvalue weighted by molar-refractivity contribution is -0.274. The molecule has 0 unspecified atom stereocenters. The lowest BCUT2D eigenvalue weighted by Gasteiger charge is -2.17. The molecule has 2 aromatic rings. The van der Waals surface area contributed by atoms with Crippen LogP contribution in [-0.2, 0) is 0 Å². The van der Waals surface area contributed by atoms with Crippen LogP contribution in [0.25, 0.3) is 0 Å². The molecule has 138 valence electrons. The Hall–Kier alpha value is -2.29. The molecule has 1 aromatic carbocycles. The van der Waals surface area contributed by atoms with E-state index in [-0.39, 0.29) is 17.6 Å². The first kappa shape index (κ1) is 18.5. The minimum absolute atomic E-state index is 0.133. The smallest absolute Gasteiger partial charge is 0.472 e. The summed E-state index contributed by atoms with van der Waals surface area (Å²) in [5.74, 6) is -0.338. The summed E-state index contributed by atoms with van der Waals surface area (Å²) >= 11 is 3.28. The highest BCUT2D eigenvalue weighted by atomic mass is 79.9. The molecule has 1 aromatic heterocycles. The zero-order valence-corrected chi connectivity index (χ0v) is 15.0. The second-order valence-electron chi connectivity index (χ2n) is 5.67. The van der Waals surface area contributed by atoms with Crippen LogP contribution in [0.5, 0.6) is 11.6 Å². The zero-order chi connectivity index (χ0) is 18.7. The molecule has 0 spiro atoms. The van der Waals surface area contributed by atoms with E-state index >= 15 is 0 Å². The number of pyridine rings is 1. The lowest BCUT2D eigenvalue weighted by Crippen LogP contribution is -2.31. The van der Waals surface area contributed by atoms with E-state index in [0.29, 0.717) is 25.4 Å². The molecule has 0 N–H and O–H groups in total. The number of carbonyl (C=O) groups excluding carboxylic acids is 1. The van der Waals surface area contributed by atoms with Crippen LogP contribution in [0.4, 0.5) is 13.2 Å². The van der Waals surface area contributed by atoms with Crippen molar-refractivity contribution in [2.75, 3.05) is 13.1 Å². The number of rotatable bonds is 4. The normalized spacial score (nSPS) is 17.2. The van der Waals surface area contributed by atoms with Crippen LogP contribution in [-0.4, -0.2) is 41.3 Å². The first-order chi connectivity index (χ1) is 12.3. The average molecular weight is 431 g/mol. The van der Waals surface area contributed by atoms with E-state index in [1.54, 1.807) is 18.3 Å². The standard InChI is InChI=1S/C17H14BrF3N2O3/c18-12-4-5-15(22-9-12)25-14-6-7-23(10-14)16(24)11-2-1-3-13(8-11)26-17(19,20)21/h1-5,8-9,14H,6-7,10H2/t14-/m1/s1. The number of likely N-dealkylation sites (tertiary alicyclic amines) is 1. The third-order valence-corrected chi connectivity index (χ3v) is 4.20. The molecule has 1 saturated heterocycles. The third-order valence-electron chi connectivity index (χ3n) is 3.73. The third kappa shape index (κ3) is 4.87. The molecule has 1 fully saturated rings. The molecule has 3 rings (SSSR count). The maximum atomic E-state index is 12.5. The Labute approximate surface area is 155 Å². The highest BCUT2D eigenvalue weighted by Crippen LogP contribution is 2.25. The van der Waals surface area contributed by atoms with Crippen molar-refractivity contribution in [2.24, 2.45) is 0 Å². The van der Waals surface area contributed by atoms with E-state index in [9.17, 15) is 18.0 Å². The van der Waals surface area contributed by atoms with Crippen LogP contribution in [0.1, 0.15) is 16.8 Å². The first-order valence-electron chi connectivity index (χ1n) is 7.73. The molecule has 1 atom stereocenters. The van der Waals surface area contributed by atoms with Crippen LogP contribution in [0.3, 0.4) is 0 Å². The molecule has 0 bridgehead atoms. The Morgan fingerprint density at radius 1 is 1.27 bits per heavy atom. The van der Waals surface area contributed by atoms with Gasteiger partial charge in [0.05, 0.1) is 6.54 Å². The number of alkyl halides is 3. The summed E-state index contributed by atoms with van der Waals surface area (Å²) in [6, 6.07) is 8.55. The number of nitrogens with zero attached hydrogens (tertiary/aromatic N) is 2. The van der Waals surface area contributed by atoms with Crippen LogP contribution in [0, 0.1) is 0 Å². The molecular weight excluding hydrogens is 417 g/mol. The molecule has 0 saturated carbocycles. The van der Waals surface area contributed by atoms with Gasteiger partial charge < -0.3 is 14.4 Å². The number of ether oxygens (including phenoxy) is 2. The summed E-state index contributed by atoms with van der Waals surface area (Å²) in [5.41, 5.74) is 0.133. The van der Waals surface area contributed by atoms with Gasteiger partial charge in [-0.05, 0) is 40.2 Å². The van der Waals surface area contributed by atoms with Crippen molar-refractivity contribution in [3.8, 4) is 11.6 Å². The molecule has 2 heterocycles. The van der Waals surface area contributed by atoms with E-state index in [2.05, 4.69) is 25.7 Å². The van der Waals surface area contributed by atoms with Crippen LogP contribution in [0.15, 0.2) is 47.1 Å². The van der Waals surface area contributed by atoms with Gasteiger partial charge in [0.15, 0.2) is 0 Å². The number of hydrogen-bond donors (Lipinski definition) is 0. The number of amides is 1. The van der Waals surface area contributed by atoms with E-state index in [1.165, 1.54) is 17.0 Å². The Kier molecular flexibility index (Phi) is 5.36. The zero-order valence-electron chi connectivity index (χ0n) is 13.4. The summed E-state index contributed by atoms with van der Waals surface area (Å²) in [5, 5.41) is 0. The second kappa shape index (κ2) is 7.53. The highest BCUT2D eigenvalue weighted by molar-refractivity contribution is 9.10. The molecule has 26 heavy (non-hydrogen) atoms. The van der Waals surface area contributed by atoms with Gasteiger partial charge in [0.1, 0.15) is 11.9 Å². The van der Waals surface area contributed by atoms with Crippen LogP contribution < -0.4 is 9.47 Å². The van der Waals surface area contributed by atoms with E-state index < -0.39 is 12.1 Å². The van der Waals surface area contributed by atoms with Gasteiger partial charge in [-0.15, -0.1) is 13.2 Å². The molecule has 5 nitrogen and oxygen atoms in total. The van der Waals surface area contributed by atoms with Gasteiger partial charge in [0.2, 0.25) is 5.88 Å². The van der Waals surface area contributed by atoms with Crippen LogP contribution in [0.2, 0.25) is 0 Å². The van der Waals surface area contributed by atoms with Gasteiger partial charge in [-0.2, -0.15) is 0 Å². The number of hydrogen-bond acceptors (Lipinski definition) is 4. The van der Waals surface area contributed by atoms with Gasteiger partial charge in [-0.3, -0.25) is 4.79 Å².